The van der Waals surface area contributed by atoms with Gasteiger partial charge in [0.1, 0.15) is 0 Å². The Labute approximate surface area is 152 Å². The highest BCUT2D eigenvalue weighted by Gasteiger charge is 2.13. The highest BCUT2D eigenvalue weighted by Crippen LogP contribution is 2.14. The summed E-state index contributed by atoms with van der Waals surface area (Å²) in [5.74, 6) is 0. The number of nitrogens with one attached hydrogen (secondary N) is 1. The molecule has 0 aliphatic rings. The molecule has 5 nitrogen and oxygen atoms in total. The lowest BCUT2D eigenvalue weighted by Gasteiger charge is -2.08. The van der Waals surface area contributed by atoms with Crippen LogP contribution in [-0.2, 0) is 23.0 Å². The molecular formula is C17H24BrN3O2S. The van der Waals surface area contributed by atoms with Gasteiger partial charge in [-0.2, -0.15) is 5.10 Å². The van der Waals surface area contributed by atoms with E-state index in [1.165, 1.54) is 5.56 Å². The molecule has 0 aliphatic heterocycles. The molecular weight excluding hydrogens is 390 g/mol. The van der Waals surface area contributed by atoms with Gasteiger partial charge in [-0.25, -0.2) is 13.1 Å². The first kappa shape index (κ1) is 19.1. The van der Waals surface area contributed by atoms with Crippen LogP contribution in [0.5, 0.6) is 0 Å². The standard InChI is InChI=1S/C17H24BrN3O2S/c1-3-4-6-15-7-9-16(10-8-15)24(22,23)19-11-5-12-21-13-17(18)14(2)20-21/h7-10,13,19H,3-6,11-12H2,1-2H3. The van der Waals surface area contributed by atoms with Crippen LogP contribution < -0.4 is 4.72 Å². The minimum atomic E-state index is -3.44. The summed E-state index contributed by atoms with van der Waals surface area (Å²) in [4.78, 5) is 0.320. The zero-order chi connectivity index (χ0) is 17.6. The second-order valence-electron chi connectivity index (χ2n) is 5.82. The van der Waals surface area contributed by atoms with E-state index in [9.17, 15) is 8.42 Å². The van der Waals surface area contributed by atoms with E-state index < -0.39 is 10.0 Å². The van der Waals surface area contributed by atoms with Crippen molar-refractivity contribution < 1.29 is 8.42 Å². The van der Waals surface area contributed by atoms with Crippen LogP contribution in [0, 0.1) is 6.92 Å². The third-order valence-electron chi connectivity index (χ3n) is 3.80. The van der Waals surface area contributed by atoms with E-state index in [0.29, 0.717) is 24.4 Å². The summed E-state index contributed by atoms with van der Waals surface area (Å²) >= 11 is 3.41. The number of aromatic nitrogens is 2. The Balaban J connectivity index is 1.84. The maximum atomic E-state index is 12.3. The van der Waals surface area contributed by atoms with Gasteiger partial charge in [0, 0.05) is 19.3 Å². The van der Waals surface area contributed by atoms with Crippen molar-refractivity contribution in [3.63, 3.8) is 0 Å². The summed E-state index contributed by atoms with van der Waals surface area (Å²) in [6.45, 7) is 5.13. The molecule has 0 spiro atoms. The fourth-order valence-corrected chi connectivity index (χ4v) is 3.74. The Morgan fingerprint density at radius 1 is 1.21 bits per heavy atom. The van der Waals surface area contributed by atoms with Gasteiger partial charge >= 0.3 is 0 Å². The maximum Gasteiger partial charge on any atom is 0.240 e. The summed E-state index contributed by atoms with van der Waals surface area (Å²) < 4.78 is 30.0. The zero-order valence-electron chi connectivity index (χ0n) is 14.1. The summed E-state index contributed by atoms with van der Waals surface area (Å²) in [6, 6.07) is 7.16. The number of hydrogen-bond donors (Lipinski definition) is 1. The first-order valence-electron chi connectivity index (χ1n) is 8.20. The topological polar surface area (TPSA) is 64.0 Å². The second kappa shape index (κ2) is 8.78. The number of rotatable bonds is 9. The molecule has 0 aliphatic carbocycles. The van der Waals surface area contributed by atoms with Gasteiger partial charge in [-0.05, 0) is 59.8 Å². The number of aryl methyl sites for hydroxylation is 3. The number of benzene rings is 1. The molecule has 1 aromatic heterocycles. The first-order chi connectivity index (χ1) is 11.4. The van der Waals surface area contributed by atoms with Crippen molar-refractivity contribution >= 4 is 26.0 Å². The van der Waals surface area contributed by atoms with E-state index in [-0.39, 0.29) is 0 Å². The van der Waals surface area contributed by atoms with Gasteiger partial charge in [-0.3, -0.25) is 4.68 Å². The Kier molecular flexibility index (Phi) is 7.01. The molecule has 0 fully saturated rings. The van der Waals surface area contributed by atoms with Crippen LogP contribution in [0.1, 0.15) is 37.4 Å². The van der Waals surface area contributed by atoms with Crippen molar-refractivity contribution in [3.8, 4) is 0 Å². The molecule has 0 unspecified atom stereocenters. The van der Waals surface area contributed by atoms with Gasteiger partial charge < -0.3 is 0 Å². The molecule has 1 N–H and O–H groups in total. The van der Waals surface area contributed by atoms with Crippen molar-refractivity contribution in [2.45, 2.75) is 51.0 Å². The average molecular weight is 414 g/mol. The summed E-state index contributed by atoms with van der Waals surface area (Å²) in [7, 11) is -3.44. The molecule has 2 aromatic rings. The molecule has 7 heteroatoms. The lowest BCUT2D eigenvalue weighted by molar-refractivity contribution is 0.551. The summed E-state index contributed by atoms with van der Waals surface area (Å²) in [6.07, 6.45) is 5.82. The first-order valence-corrected chi connectivity index (χ1v) is 10.5. The van der Waals surface area contributed by atoms with Crippen molar-refractivity contribution in [2.24, 2.45) is 0 Å². The third-order valence-corrected chi connectivity index (χ3v) is 6.05. The largest absolute Gasteiger partial charge is 0.271 e. The Bertz CT molecular complexity index is 735. The number of nitrogens with zero attached hydrogens (tertiary/aromatic N) is 2. The van der Waals surface area contributed by atoms with Crippen molar-refractivity contribution in [1.29, 1.82) is 0 Å². The van der Waals surface area contributed by atoms with E-state index in [0.717, 1.165) is 29.4 Å². The molecule has 0 saturated carbocycles. The molecule has 132 valence electrons. The highest BCUT2D eigenvalue weighted by molar-refractivity contribution is 9.10. The van der Waals surface area contributed by atoms with E-state index in [1.807, 2.05) is 29.9 Å². The number of hydrogen-bond acceptors (Lipinski definition) is 3. The lowest BCUT2D eigenvalue weighted by Crippen LogP contribution is -2.25. The monoisotopic (exact) mass is 413 g/mol. The van der Waals surface area contributed by atoms with Crippen molar-refractivity contribution in [2.75, 3.05) is 6.54 Å². The smallest absolute Gasteiger partial charge is 0.240 e. The SMILES string of the molecule is CCCCc1ccc(S(=O)(=O)NCCCn2cc(Br)c(C)n2)cc1. The number of sulfonamides is 1. The second-order valence-corrected chi connectivity index (χ2v) is 8.45. The van der Waals surface area contributed by atoms with Crippen LogP contribution in [-0.4, -0.2) is 24.7 Å². The summed E-state index contributed by atoms with van der Waals surface area (Å²) in [5.41, 5.74) is 2.11. The molecule has 0 amide bonds. The molecule has 24 heavy (non-hydrogen) atoms. The van der Waals surface area contributed by atoms with Crippen LogP contribution in [0.15, 0.2) is 39.8 Å². The van der Waals surface area contributed by atoms with E-state index >= 15 is 0 Å². The lowest BCUT2D eigenvalue weighted by atomic mass is 10.1. The molecule has 0 bridgehead atoms. The van der Waals surface area contributed by atoms with Gasteiger partial charge in [0.05, 0.1) is 15.1 Å². The molecule has 1 aromatic carbocycles. The molecule has 0 atom stereocenters. The maximum absolute atomic E-state index is 12.3. The molecule has 1 heterocycles. The molecule has 0 saturated heterocycles. The Hall–Kier alpha value is -1.18. The van der Waals surface area contributed by atoms with Crippen LogP contribution in [0.25, 0.3) is 0 Å². The van der Waals surface area contributed by atoms with Crippen LogP contribution >= 0.6 is 15.9 Å². The van der Waals surface area contributed by atoms with Crippen molar-refractivity contribution in [1.82, 2.24) is 14.5 Å². The Morgan fingerprint density at radius 2 is 1.92 bits per heavy atom. The van der Waals surface area contributed by atoms with Gasteiger partial charge in [0.15, 0.2) is 0 Å². The molecule has 0 radical (unpaired) electrons. The summed E-state index contributed by atoms with van der Waals surface area (Å²) in [5, 5.41) is 4.33. The van der Waals surface area contributed by atoms with E-state index in [4.69, 9.17) is 0 Å². The quantitative estimate of drug-likeness (QED) is 0.637. The van der Waals surface area contributed by atoms with Gasteiger partial charge in [-0.1, -0.05) is 25.5 Å². The van der Waals surface area contributed by atoms with Gasteiger partial charge in [0.25, 0.3) is 0 Å². The normalized spacial score (nSPS) is 11.8. The predicted octanol–water partition coefficient (Wildman–Crippen LogP) is 3.67. The molecule has 2 rings (SSSR count). The van der Waals surface area contributed by atoms with Crippen LogP contribution in [0.4, 0.5) is 0 Å². The minimum absolute atomic E-state index is 0.320. The highest BCUT2D eigenvalue weighted by atomic mass is 79.9. The van der Waals surface area contributed by atoms with Crippen LogP contribution in [0.2, 0.25) is 0 Å². The zero-order valence-corrected chi connectivity index (χ0v) is 16.5. The van der Waals surface area contributed by atoms with Gasteiger partial charge in [-0.15, -0.1) is 0 Å². The third kappa shape index (κ3) is 5.43. The number of unbranched alkanes of at least 4 members (excludes halogenated alkanes) is 1. The number of halogens is 1. The fraction of sp³-hybridized carbons (Fsp3) is 0.471. The van der Waals surface area contributed by atoms with Crippen LogP contribution in [0.3, 0.4) is 0 Å². The average Bonchev–Trinajstić information content (AvgIpc) is 2.88. The Morgan fingerprint density at radius 3 is 2.50 bits per heavy atom. The van der Waals surface area contributed by atoms with E-state index in [1.54, 1.807) is 12.1 Å². The fourth-order valence-electron chi connectivity index (χ4n) is 2.36. The minimum Gasteiger partial charge on any atom is -0.271 e. The van der Waals surface area contributed by atoms with Crippen molar-refractivity contribution in [3.05, 3.63) is 46.2 Å². The van der Waals surface area contributed by atoms with E-state index in [2.05, 4.69) is 32.7 Å². The predicted molar refractivity (Wildman–Crippen MR) is 99.5 cm³/mol. The van der Waals surface area contributed by atoms with Gasteiger partial charge in [0.2, 0.25) is 10.0 Å².